The first-order valence-corrected chi connectivity index (χ1v) is 31.1. The number of anilines is 3. The highest BCUT2D eigenvalue weighted by molar-refractivity contribution is 7.02. The van der Waals surface area contributed by atoms with Crippen molar-refractivity contribution in [1.29, 1.82) is 0 Å². The lowest BCUT2D eigenvalue weighted by atomic mass is 9.29. The zero-order chi connectivity index (χ0) is 58.3. The summed E-state index contributed by atoms with van der Waals surface area (Å²) in [5.74, 6) is 0. The molecule has 1 spiro atoms. The average molecular weight is 1100 g/mol. The average Bonchev–Trinajstić information content (AvgIpc) is 1.61. The van der Waals surface area contributed by atoms with Gasteiger partial charge < -0.3 is 9.47 Å². The van der Waals surface area contributed by atoms with E-state index in [1.807, 2.05) is 0 Å². The van der Waals surface area contributed by atoms with Crippen molar-refractivity contribution in [3.63, 3.8) is 0 Å². The number of fused-ring (bicyclic) bond motifs is 16. The fourth-order valence-electron chi connectivity index (χ4n) is 17.2. The van der Waals surface area contributed by atoms with Gasteiger partial charge in [-0.15, -0.1) is 0 Å². The number of allylic oxidation sites excluding steroid dienone is 4. The first kappa shape index (κ1) is 52.0. The molecule has 1 aromatic heterocycles. The Morgan fingerprint density at radius 3 is 1.52 bits per heavy atom. The number of nitrogens with zero attached hydrogens (tertiary/aromatic N) is 2. The Bertz CT molecular complexity index is 4640. The maximum Gasteiger partial charge on any atom is 0.247 e. The second-order valence-corrected chi connectivity index (χ2v) is 27.8. The fraction of sp³-hybridized carbons (Fsp3) is 0.210. The second-order valence-electron chi connectivity index (χ2n) is 27.8. The van der Waals surface area contributed by atoms with Gasteiger partial charge in [-0.25, -0.2) is 0 Å². The predicted octanol–water partition coefficient (Wildman–Crippen LogP) is 16.5. The van der Waals surface area contributed by atoms with Crippen molar-refractivity contribution >= 4 is 90.6 Å². The maximum absolute atomic E-state index is 2.70. The summed E-state index contributed by atoms with van der Waals surface area (Å²) < 4.78 is 2.70. The van der Waals surface area contributed by atoms with Gasteiger partial charge in [-0.05, 0) is 179 Å². The molecule has 0 saturated carbocycles. The van der Waals surface area contributed by atoms with Crippen LogP contribution in [0.5, 0.6) is 0 Å². The molecule has 10 aromatic carbocycles. The van der Waals surface area contributed by atoms with E-state index < -0.39 is 5.41 Å². The van der Waals surface area contributed by atoms with E-state index >= 15 is 0 Å². The SMILES string of the molecule is Cc1cc(C)c(B2c3cc(C(C)(C)C)ccc3N3c4ccc(C(C)(C)C)cc4B(c4c(C)cc(C)cc4C)c4cc(-n5c6ccccc6c6cccc(-c7cccc8c7C7(C9=C(CCC=C9)c9ccccc97)c7ccccc7-8)c65)cc2c43)c(C)c1. The Morgan fingerprint density at radius 1 is 0.447 bits per heavy atom. The third kappa shape index (κ3) is 7.21. The van der Waals surface area contributed by atoms with E-state index in [-0.39, 0.29) is 24.3 Å². The van der Waals surface area contributed by atoms with Gasteiger partial charge in [-0.3, -0.25) is 0 Å². The summed E-state index contributed by atoms with van der Waals surface area (Å²) in [4.78, 5) is 2.70. The van der Waals surface area contributed by atoms with Gasteiger partial charge in [0.1, 0.15) is 0 Å². The molecule has 2 nitrogen and oxygen atoms in total. The molecule has 3 aliphatic carbocycles. The van der Waals surface area contributed by atoms with Crippen molar-refractivity contribution < 1.29 is 0 Å². The Balaban J connectivity index is 1.07. The van der Waals surface area contributed by atoms with Gasteiger partial charge in [0.2, 0.25) is 13.4 Å². The summed E-state index contributed by atoms with van der Waals surface area (Å²) in [5, 5.41) is 2.52. The number of benzene rings is 10. The van der Waals surface area contributed by atoms with Crippen LogP contribution in [0.4, 0.5) is 17.1 Å². The lowest BCUT2D eigenvalue weighted by Crippen LogP contribution is -2.66. The van der Waals surface area contributed by atoms with Gasteiger partial charge in [0, 0.05) is 39.1 Å². The predicted molar refractivity (Wildman–Crippen MR) is 366 cm³/mol. The van der Waals surface area contributed by atoms with E-state index in [0.717, 1.165) is 12.8 Å². The standard InChI is InChI=1S/C81H72B2N2/c1-47-39-49(3)75(50(4)40-47)82-67-43-53(79(7,8)9)35-37-72(67)85-73-38-36-54(80(10,11)12)44-68(73)83(76-51(5)41-48(2)42-52(76)6)70-46-55(45-69(82)78(70)85)84-71-34-20-16-26-59(71)62-29-22-30-63(77(62)84)61-28-21-27-60-58-25-15-19-33-66(58)81(74(60)61)64-31-17-13-23-56(64)57-24-14-18-32-65(57)81/h13,15-23,25-46H,14,24H2,1-12H3. The molecule has 2 aliphatic heterocycles. The minimum absolute atomic E-state index is 0.0594. The van der Waals surface area contributed by atoms with Crippen LogP contribution in [0.25, 0.3) is 55.3 Å². The van der Waals surface area contributed by atoms with E-state index in [0.29, 0.717) is 0 Å². The quantitative estimate of drug-likeness (QED) is 0.160. The molecule has 5 aliphatic rings. The van der Waals surface area contributed by atoms with Gasteiger partial charge in [-0.2, -0.15) is 0 Å². The lowest BCUT2D eigenvalue weighted by molar-refractivity contribution is 0.590. The van der Waals surface area contributed by atoms with Crippen LogP contribution >= 0.6 is 0 Å². The van der Waals surface area contributed by atoms with Crippen LogP contribution in [0.3, 0.4) is 0 Å². The summed E-state index contributed by atoms with van der Waals surface area (Å²) in [6.45, 7) is 28.1. The smallest absolute Gasteiger partial charge is 0.247 e. The zero-order valence-electron chi connectivity index (χ0n) is 51.4. The molecule has 0 saturated heterocycles. The van der Waals surface area contributed by atoms with Gasteiger partial charge in [0.25, 0.3) is 0 Å². The highest BCUT2D eigenvalue weighted by atomic mass is 15.2. The topological polar surface area (TPSA) is 8.17 Å². The zero-order valence-corrected chi connectivity index (χ0v) is 51.4. The molecular weight excluding hydrogens is 1020 g/mol. The number of para-hydroxylation sites is 2. The van der Waals surface area contributed by atoms with Crippen LogP contribution in [-0.4, -0.2) is 18.0 Å². The van der Waals surface area contributed by atoms with Gasteiger partial charge in [-0.1, -0.05) is 250 Å². The summed E-state index contributed by atoms with van der Waals surface area (Å²) in [6, 6.07) is 72.3. The molecule has 0 bridgehead atoms. The molecule has 1 atom stereocenters. The Morgan fingerprint density at radius 2 is 0.929 bits per heavy atom. The van der Waals surface area contributed by atoms with E-state index in [9.17, 15) is 0 Å². The fourth-order valence-corrected chi connectivity index (χ4v) is 17.2. The third-order valence-electron chi connectivity index (χ3n) is 20.5. The highest BCUT2D eigenvalue weighted by Gasteiger charge is 2.54. The van der Waals surface area contributed by atoms with E-state index in [4.69, 9.17) is 0 Å². The Kier molecular flexibility index (Phi) is 11.1. The molecule has 412 valence electrons. The van der Waals surface area contributed by atoms with Crippen molar-refractivity contribution in [2.75, 3.05) is 4.90 Å². The Labute approximate surface area is 503 Å². The summed E-state index contributed by atoms with van der Waals surface area (Å²) in [5.41, 5.74) is 39.5. The maximum atomic E-state index is 2.70. The van der Waals surface area contributed by atoms with E-state index in [2.05, 4.69) is 287 Å². The molecule has 0 radical (unpaired) electrons. The first-order chi connectivity index (χ1) is 40.9. The first-order valence-electron chi connectivity index (χ1n) is 31.1. The minimum atomic E-state index is -0.476. The molecule has 11 aromatic rings. The number of hydrogen-bond acceptors (Lipinski definition) is 1. The molecule has 4 heteroatoms. The normalized spacial score (nSPS) is 16.3. The number of aryl methyl sites for hydroxylation is 6. The van der Waals surface area contributed by atoms with Crippen LogP contribution in [0.15, 0.2) is 200 Å². The number of rotatable bonds is 4. The molecule has 0 amide bonds. The van der Waals surface area contributed by atoms with E-state index in [1.165, 1.54) is 177 Å². The summed E-state index contributed by atoms with van der Waals surface area (Å²) >= 11 is 0. The molecule has 1 unspecified atom stereocenters. The molecule has 0 fully saturated rings. The summed E-state index contributed by atoms with van der Waals surface area (Å²) in [6.07, 6.45) is 7.03. The number of hydrogen-bond donors (Lipinski definition) is 0. The monoisotopic (exact) mass is 1090 g/mol. The number of aromatic nitrogens is 1. The molecule has 0 N–H and O–H groups in total. The van der Waals surface area contributed by atoms with Crippen LogP contribution < -0.4 is 37.7 Å². The van der Waals surface area contributed by atoms with Gasteiger partial charge in [0.05, 0.1) is 16.4 Å². The lowest BCUT2D eigenvalue weighted by Gasteiger charge is -2.45. The second kappa shape index (κ2) is 18.2. The van der Waals surface area contributed by atoms with Crippen LogP contribution in [-0.2, 0) is 16.2 Å². The van der Waals surface area contributed by atoms with Crippen molar-refractivity contribution in [2.24, 2.45) is 0 Å². The largest absolute Gasteiger partial charge is 0.313 e. The Hall–Kier alpha value is -8.59. The third-order valence-corrected chi connectivity index (χ3v) is 20.5. The van der Waals surface area contributed by atoms with Crippen molar-refractivity contribution in [1.82, 2.24) is 4.57 Å². The van der Waals surface area contributed by atoms with Crippen molar-refractivity contribution in [3.8, 4) is 27.9 Å². The molecular formula is C81H72B2N2. The van der Waals surface area contributed by atoms with Crippen LogP contribution in [0.2, 0.25) is 0 Å². The van der Waals surface area contributed by atoms with Gasteiger partial charge >= 0.3 is 0 Å². The summed E-state index contributed by atoms with van der Waals surface area (Å²) in [7, 11) is 0. The van der Waals surface area contributed by atoms with E-state index in [1.54, 1.807) is 0 Å². The van der Waals surface area contributed by atoms with Crippen molar-refractivity contribution in [2.45, 2.75) is 112 Å². The van der Waals surface area contributed by atoms with Crippen molar-refractivity contribution in [3.05, 3.63) is 266 Å². The van der Waals surface area contributed by atoms with Gasteiger partial charge in [0.15, 0.2) is 0 Å². The van der Waals surface area contributed by atoms with Crippen LogP contribution in [0, 0.1) is 41.5 Å². The highest BCUT2D eigenvalue weighted by Crippen LogP contribution is 2.65. The molecule has 16 rings (SSSR count). The molecule has 3 heterocycles. The van der Waals surface area contributed by atoms with Crippen LogP contribution in [0.1, 0.15) is 121 Å². The minimum Gasteiger partial charge on any atom is -0.313 e. The molecule has 85 heavy (non-hydrogen) atoms.